The second-order valence-electron chi connectivity index (χ2n) is 9.69. The normalized spacial score (nSPS) is 14.4. The summed E-state index contributed by atoms with van der Waals surface area (Å²) in [5.74, 6) is -0.0298. The lowest BCUT2D eigenvalue weighted by Crippen LogP contribution is -2.52. The van der Waals surface area contributed by atoms with Gasteiger partial charge in [0.2, 0.25) is 11.8 Å². The highest BCUT2D eigenvalue weighted by atomic mass is 16.2. The Bertz CT molecular complexity index is 1070. The molecule has 4 nitrogen and oxygen atoms in total. The summed E-state index contributed by atoms with van der Waals surface area (Å²) in [6, 6.07) is 28.0. The van der Waals surface area contributed by atoms with Crippen LogP contribution in [0, 0.1) is 6.92 Å². The van der Waals surface area contributed by atoms with E-state index in [4.69, 9.17) is 0 Å². The molecule has 0 bridgehead atoms. The standard InChI is InChI=1S/C31H36N2O2/c1-24-16-18-27(19-17-24)23-33(30(34)21-20-25-10-4-2-5-11-25)29(22-26-12-6-3-7-13-26)31(35)32-28-14-8-9-15-28/h2-7,10-13,16-19,28-29H,8-9,14-15,20-23H2,1H3,(H,32,35). The van der Waals surface area contributed by atoms with E-state index in [2.05, 4.69) is 36.5 Å². The summed E-state index contributed by atoms with van der Waals surface area (Å²) in [7, 11) is 0. The Labute approximate surface area is 209 Å². The number of hydrogen-bond donors (Lipinski definition) is 1. The van der Waals surface area contributed by atoms with Crippen LogP contribution in [-0.2, 0) is 29.0 Å². The van der Waals surface area contributed by atoms with Gasteiger partial charge in [-0.3, -0.25) is 9.59 Å². The van der Waals surface area contributed by atoms with Gasteiger partial charge in [-0.05, 0) is 42.9 Å². The Hall–Kier alpha value is -3.40. The highest BCUT2D eigenvalue weighted by Crippen LogP contribution is 2.21. The van der Waals surface area contributed by atoms with Gasteiger partial charge in [-0.25, -0.2) is 0 Å². The zero-order valence-electron chi connectivity index (χ0n) is 20.7. The Morgan fingerprint density at radius 1 is 0.829 bits per heavy atom. The van der Waals surface area contributed by atoms with Crippen LogP contribution in [0.4, 0.5) is 0 Å². The quantitative estimate of drug-likeness (QED) is 0.419. The van der Waals surface area contributed by atoms with Crippen LogP contribution in [0.3, 0.4) is 0 Å². The van der Waals surface area contributed by atoms with E-state index in [0.717, 1.165) is 42.4 Å². The molecule has 1 aliphatic rings. The van der Waals surface area contributed by atoms with E-state index in [1.54, 1.807) is 0 Å². The molecule has 1 fully saturated rings. The summed E-state index contributed by atoms with van der Waals surface area (Å²) in [5, 5.41) is 3.27. The van der Waals surface area contributed by atoms with Crippen LogP contribution < -0.4 is 5.32 Å². The van der Waals surface area contributed by atoms with Crippen molar-refractivity contribution in [3.63, 3.8) is 0 Å². The number of rotatable bonds is 10. The number of aryl methyl sites for hydroxylation is 2. The fourth-order valence-electron chi connectivity index (χ4n) is 4.85. The van der Waals surface area contributed by atoms with Gasteiger partial charge in [-0.15, -0.1) is 0 Å². The van der Waals surface area contributed by atoms with Crippen molar-refractivity contribution in [2.45, 2.75) is 70.5 Å². The van der Waals surface area contributed by atoms with Gasteiger partial charge in [-0.1, -0.05) is 103 Å². The predicted octanol–water partition coefficient (Wildman–Crippen LogP) is 5.63. The molecule has 1 unspecified atom stereocenters. The van der Waals surface area contributed by atoms with Gasteiger partial charge in [0, 0.05) is 25.4 Å². The maximum Gasteiger partial charge on any atom is 0.243 e. The van der Waals surface area contributed by atoms with Gasteiger partial charge >= 0.3 is 0 Å². The molecular weight excluding hydrogens is 432 g/mol. The molecule has 3 aromatic carbocycles. The second kappa shape index (κ2) is 12.3. The molecule has 2 amide bonds. The van der Waals surface area contributed by atoms with Gasteiger partial charge < -0.3 is 10.2 Å². The van der Waals surface area contributed by atoms with Crippen molar-refractivity contribution < 1.29 is 9.59 Å². The molecule has 4 heteroatoms. The monoisotopic (exact) mass is 468 g/mol. The summed E-state index contributed by atoms with van der Waals surface area (Å²) in [4.78, 5) is 29.2. The van der Waals surface area contributed by atoms with Crippen LogP contribution in [0.2, 0.25) is 0 Å². The van der Waals surface area contributed by atoms with Crippen LogP contribution in [0.5, 0.6) is 0 Å². The summed E-state index contributed by atoms with van der Waals surface area (Å²) >= 11 is 0. The van der Waals surface area contributed by atoms with E-state index in [9.17, 15) is 9.59 Å². The zero-order valence-corrected chi connectivity index (χ0v) is 20.7. The van der Waals surface area contributed by atoms with Crippen molar-refractivity contribution in [2.75, 3.05) is 0 Å². The molecule has 0 saturated heterocycles. The Balaban J connectivity index is 1.60. The first-order valence-corrected chi connectivity index (χ1v) is 12.8. The van der Waals surface area contributed by atoms with Crippen LogP contribution in [0.25, 0.3) is 0 Å². The first-order valence-electron chi connectivity index (χ1n) is 12.8. The van der Waals surface area contributed by atoms with E-state index in [0.29, 0.717) is 25.8 Å². The summed E-state index contributed by atoms with van der Waals surface area (Å²) < 4.78 is 0. The fourth-order valence-corrected chi connectivity index (χ4v) is 4.85. The average molecular weight is 469 g/mol. The number of benzene rings is 3. The summed E-state index contributed by atoms with van der Waals surface area (Å²) in [6.45, 7) is 2.48. The van der Waals surface area contributed by atoms with Crippen molar-refractivity contribution >= 4 is 11.8 Å². The number of carbonyl (C=O) groups excluding carboxylic acids is 2. The molecule has 0 radical (unpaired) electrons. The minimum atomic E-state index is -0.553. The topological polar surface area (TPSA) is 49.4 Å². The number of nitrogens with one attached hydrogen (secondary N) is 1. The Morgan fingerprint density at radius 3 is 2.06 bits per heavy atom. The molecule has 1 saturated carbocycles. The van der Waals surface area contributed by atoms with Crippen molar-refractivity contribution in [3.05, 3.63) is 107 Å². The van der Waals surface area contributed by atoms with Crippen molar-refractivity contribution in [1.29, 1.82) is 0 Å². The maximum atomic E-state index is 13.7. The van der Waals surface area contributed by atoms with Crippen LogP contribution in [0.15, 0.2) is 84.9 Å². The van der Waals surface area contributed by atoms with Gasteiger partial charge in [0.25, 0.3) is 0 Å². The maximum absolute atomic E-state index is 13.7. The Morgan fingerprint density at radius 2 is 1.43 bits per heavy atom. The average Bonchev–Trinajstić information content (AvgIpc) is 3.40. The van der Waals surface area contributed by atoms with Gasteiger partial charge in [-0.2, -0.15) is 0 Å². The predicted molar refractivity (Wildman–Crippen MR) is 141 cm³/mol. The first-order chi connectivity index (χ1) is 17.1. The van der Waals surface area contributed by atoms with Crippen LogP contribution >= 0.6 is 0 Å². The minimum absolute atomic E-state index is 0.0110. The molecule has 4 rings (SSSR count). The van der Waals surface area contributed by atoms with E-state index in [-0.39, 0.29) is 17.9 Å². The molecule has 1 N–H and O–H groups in total. The number of hydrogen-bond acceptors (Lipinski definition) is 2. The van der Waals surface area contributed by atoms with Gasteiger partial charge in [0.1, 0.15) is 6.04 Å². The molecule has 0 heterocycles. The van der Waals surface area contributed by atoms with Gasteiger partial charge in [0.05, 0.1) is 0 Å². The van der Waals surface area contributed by atoms with Crippen molar-refractivity contribution in [1.82, 2.24) is 10.2 Å². The lowest BCUT2D eigenvalue weighted by atomic mass is 10.0. The summed E-state index contributed by atoms with van der Waals surface area (Å²) in [5.41, 5.74) is 4.40. The first kappa shape index (κ1) is 24.7. The van der Waals surface area contributed by atoms with Crippen LogP contribution in [-0.4, -0.2) is 28.8 Å². The zero-order chi connectivity index (χ0) is 24.5. The highest BCUT2D eigenvalue weighted by Gasteiger charge is 2.32. The third-order valence-corrected chi connectivity index (χ3v) is 6.92. The van der Waals surface area contributed by atoms with Gasteiger partial charge in [0.15, 0.2) is 0 Å². The molecule has 0 aliphatic heterocycles. The van der Waals surface area contributed by atoms with E-state index < -0.39 is 6.04 Å². The number of carbonyl (C=O) groups is 2. The SMILES string of the molecule is Cc1ccc(CN(C(=O)CCc2ccccc2)C(Cc2ccccc2)C(=O)NC2CCCC2)cc1. The molecule has 1 aliphatic carbocycles. The van der Waals surface area contributed by atoms with Crippen molar-refractivity contribution in [2.24, 2.45) is 0 Å². The second-order valence-corrected chi connectivity index (χ2v) is 9.69. The molecule has 35 heavy (non-hydrogen) atoms. The third-order valence-electron chi connectivity index (χ3n) is 6.92. The molecule has 1 atom stereocenters. The highest BCUT2D eigenvalue weighted by molar-refractivity contribution is 5.88. The molecule has 0 aromatic heterocycles. The largest absolute Gasteiger partial charge is 0.352 e. The molecule has 3 aromatic rings. The lowest BCUT2D eigenvalue weighted by Gasteiger charge is -2.32. The molecule has 182 valence electrons. The summed E-state index contributed by atoms with van der Waals surface area (Å²) in [6.07, 6.45) is 5.87. The smallest absolute Gasteiger partial charge is 0.243 e. The lowest BCUT2D eigenvalue weighted by molar-refractivity contribution is -0.141. The minimum Gasteiger partial charge on any atom is -0.352 e. The van der Waals surface area contributed by atoms with E-state index >= 15 is 0 Å². The Kier molecular flexibility index (Phi) is 8.72. The molecule has 0 spiro atoms. The fraction of sp³-hybridized carbons (Fsp3) is 0.355. The third kappa shape index (κ3) is 7.29. The molecular formula is C31H36N2O2. The van der Waals surface area contributed by atoms with E-state index in [1.165, 1.54) is 5.56 Å². The van der Waals surface area contributed by atoms with Crippen LogP contribution in [0.1, 0.15) is 54.4 Å². The number of nitrogens with zero attached hydrogens (tertiary/aromatic N) is 1. The van der Waals surface area contributed by atoms with E-state index in [1.807, 2.05) is 65.6 Å². The number of amides is 2. The van der Waals surface area contributed by atoms with Crippen molar-refractivity contribution in [3.8, 4) is 0 Å².